The first kappa shape index (κ1) is 20.9. The summed E-state index contributed by atoms with van der Waals surface area (Å²) in [4.78, 5) is 11.9. The standard InChI is InChI=1S/C22H37N5O/c1-19-6-4-7-21(16-19)26-14-12-25(13-15-26)10-5-9-24-22(23-2)27-11-8-20(17-27)18-28-3/h4,6-7,16,20H,5,8-15,17-18H2,1-3H3,(H,23,24). The number of hydrogen-bond acceptors (Lipinski definition) is 4. The van der Waals surface area contributed by atoms with Gasteiger partial charge in [0, 0.05) is 71.6 Å². The van der Waals surface area contributed by atoms with Crippen LogP contribution in [0.1, 0.15) is 18.4 Å². The van der Waals surface area contributed by atoms with Crippen LogP contribution in [0.5, 0.6) is 0 Å². The van der Waals surface area contributed by atoms with Crippen LogP contribution in [0, 0.1) is 12.8 Å². The Kier molecular flexibility index (Phi) is 7.98. The number of anilines is 1. The number of benzene rings is 1. The molecule has 156 valence electrons. The Balaban J connectivity index is 1.32. The molecule has 3 rings (SSSR count). The third-order valence-electron chi connectivity index (χ3n) is 5.87. The van der Waals surface area contributed by atoms with Crippen LogP contribution in [0.2, 0.25) is 0 Å². The van der Waals surface area contributed by atoms with Crippen LogP contribution in [-0.4, -0.2) is 88.9 Å². The van der Waals surface area contributed by atoms with Crippen molar-refractivity contribution >= 4 is 11.6 Å². The van der Waals surface area contributed by atoms with Crippen molar-refractivity contribution < 1.29 is 4.74 Å². The van der Waals surface area contributed by atoms with Gasteiger partial charge in [-0.15, -0.1) is 0 Å². The van der Waals surface area contributed by atoms with Gasteiger partial charge in [-0.05, 0) is 44.0 Å². The Morgan fingerprint density at radius 1 is 1.21 bits per heavy atom. The molecule has 1 aromatic carbocycles. The summed E-state index contributed by atoms with van der Waals surface area (Å²) in [5, 5.41) is 3.55. The van der Waals surface area contributed by atoms with E-state index in [0.717, 1.165) is 71.3 Å². The van der Waals surface area contributed by atoms with E-state index in [9.17, 15) is 0 Å². The predicted molar refractivity (Wildman–Crippen MR) is 117 cm³/mol. The summed E-state index contributed by atoms with van der Waals surface area (Å²) in [5.41, 5.74) is 2.70. The van der Waals surface area contributed by atoms with Crippen molar-refractivity contribution in [1.82, 2.24) is 15.1 Å². The molecule has 1 aromatic rings. The van der Waals surface area contributed by atoms with Crippen molar-refractivity contribution in [2.75, 3.05) is 78.0 Å². The van der Waals surface area contributed by atoms with Crippen molar-refractivity contribution in [3.05, 3.63) is 29.8 Å². The van der Waals surface area contributed by atoms with E-state index in [1.807, 2.05) is 7.05 Å². The Labute approximate surface area is 170 Å². The van der Waals surface area contributed by atoms with Gasteiger partial charge in [0.1, 0.15) is 0 Å². The summed E-state index contributed by atoms with van der Waals surface area (Å²) in [5.74, 6) is 1.68. The quantitative estimate of drug-likeness (QED) is 0.441. The topological polar surface area (TPSA) is 43.3 Å². The molecular formula is C22H37N5O. The predicted octanol–water partition coefficient (Wildman–Crippen LogP) is 2.05. The zero-order valence-electron chi connectivity index (χ0n) is 17.9. The number of rotatable bonds is 7. The lowest BCUT2D eigenvalue weighted by atomic mass is 10.1. The third kappa shape index (κ3) is 5.85. The van der Waals surface area contributed by atoms with Crippen molar-refractivity contribution in [1.29, 1.82) is 0 Å². The second-order valence-electron chi connectivity index (χ2n) is 8.05. The first-order chi connectivity index (χ1) is 13.7. The molecule has 2 aliphatic rings. The minimum atomic E-state index is 0.633. The summed E-state index contributed by atoms with van der Waals surface area (Å²) in [6, 6.07) is 8.85. The number of aryl methyl sites for hydroxylation is 1. The SMILES string of the molecule is CN=C(NCCCN1CCN(c2cccc(C)c2)CC1)N1CCC(COC)C1. The lowest BCUT2D eigenvalue weighted by Crippen LogP contribution is -2.47. The van der Waals surface area contributed by atoms with Gasteiger partial charge < -0.3 is 19.9 Å². The fourth-order valence-electron chi connectivity index (χ4n) is 4.29. The van der Waals surface area contributed by atoms with Gasteiger partial charge in [0.05, 0.1) is 6.61 Å². The highest BCUT2D eigenvalue weighted by Gasteiger charge is 2.24. The summed E-state index contributed by atoms with van der Waals surface area (Å²) in [6.07, 6.45) is 2.35. The summed E-state index contributed by atoms with van der Waals surface area (Å²) in [6.45, 7) is 11.8. The number of hydrogen-bond donors (Lipinski definition) is 1. The second kappa shape index (κ2) is 10.7. The zero-order chi connectivity index (χ0) is 19.8. The minimum absolute atomic E-state index is 0.633. The number of aliphatic imine (C=N–C) groups is 1. The van der Waals surface area contributed by atoms with Gasteiger partial charge >= 0.3 is 0 Å². The Hall–Kier alpha value is -1.79. The molecule has 0 saturated carbocycles. The summed E-state index contributed by atoms with van der Waals surface area (Å²) >= 11 is 0. The largest absolute Gasteiger partial charge is 0.384 e. The third-order valence-corrected chi connectivity index (χ3v) is 5.87. The monoisotopic (exact) mass is 387 g/mol. The van der Waals surface area contributed by atoms with E-state index in [1.54, 1.807) is 7.11 Å². The fraction of sp³-hybridized carbons (Fsp3) is 0.682. The molecule has 28 heavy (non-hydrogen) atoms. The van der Waals surface area contributed by atoms with Gasteiger partial charge in [-0.2, -0.15) is 0 Å². The molecule has 2 heterocycles. The lowest BCUT2D eigenvalue weighted by Gasteiger charge is -2.36. The van der Waals surface area contributed by atoms with Crippen molar-refractivity contribution in [2.24, 2.45) is 10.9 Å². The molecule has 0 aliphatic carbocycles. The maximum atomic E-state index is 5.30. The van der Waals surface area contributed by atoms with Crippen LogP contribution >= 0.6 is 0 Å². The highest BCUT2D eigenvalue weighted by atomic mass is 16.5. The smallest absolute Gasteiger partial charge is 0.193 e. The number of nitrogens with one attached hydrogen (secondary N) is 1. The average Bonchev–Trinajstić information content (AvgIpc) is 3.17. The van der Waals surface area contributed by atoms with Gasteiger partial charge in [0.25, 0.3) is 0 Å². The second-order valence-corrected chi connectivity index (χ2v) is 8.05. The normalized spacial score (nSPS) is 21.4. The molecule has 1 atom stereocenters. The van der Waals surface area contributed by atoms with E-state index in [-0.39, 0.29) is 0 Å². The maximum Gasteiger partial charge on any atom is 0.193 e. The van der Waals surface area contributed by atoms with Crippen molar-refractivity contribution in [3.63, 3.8) is 0 Å². The van der Waals surface area contributed by atoms with E-state index in [4.69, 9.17) is 4.74 Å². The Bertz CT molecular complexity index is 627. The molecular weight excluding hydrogens is 350 g/mol. The Morgan fingerprint density at radius 2 is 2.04 bits per heavy atom. The van der Waals surface area contributed by atoms with Crippen molar-refractivity contribution in [2.45, 2.75) is 19.8 Å². The van der Waals surface area contributed by atoms with E-state index in [1.165, 1.54) is 17.7 Å². The number of methoxy groups -OCH3 is 1. The van der Waals surface area contributed by atoms with E-state index in [0.29, 0.717) is 5.92 Å². The molecule has 6 heteroatoms. The first-order valence-corrected chi connectivity index (χ1v) is 10.7. The number of ether oxygens (including phenoxy) is 1. The molecule has 2 fully saturated rings. The molecule has 0 aromatic heterocycles. The molecule has 0 amide bonds. The molecule has 0 spiro atoms. The number of nitrogens with zero attached hydrogens (tertiary/aromatic N) is 4. The van der Waals surface area contributed by atoms with Gasteiger partial charge in [0.15, 0.2) is 5.96 Å². The maximum absolute atomic E-state index is 5.30. The Morgan fingerprint density at radius 3 is 2.75 bits per heavy atom. The first-order valence-electron chi connectivity index (χ1n) is 10.7. The zero-order valence-corrected chi connectivity index (χ0v) is 17.9. The number of piperazine rings is 1. The molecule has 2 saturated heterocycles. The van der Waals surface area contributed by atoms with Crippen LogP contribution in [0.4, 0.5) is 5.69 Å². The fourth-order valence-corrected chi connectivity index (χ4v) is 4.29. The summed E-state index contributed by atoms with van der Waals surface area (Å²) in [7, 11) is 3.67. The van der Waals surface area contributed by atoms with Crippen LogP contribution in [0.25, 0.3) is 0 Å². The lowest BCUT2D eigenvalue weighted by molar-refractivity contribution is 0.157. The summed E-state index contributed by atoms with van der Waals surface area (Å²) < 4.78 is 5.30. The molecule has 0 bridgehead atoms. The van der Waals surface area contributed by atoms with Crippen LogP contribution in [0.3, 0.4) is 0 Å². The van der Waals surface area contributed by atoms with Gasteiger partial charge in [-0.3, -0.25) is 9.89 Å². The van der Waals surface area contributed by atoms with Crippen molar-refractivity contribution in [3.8, 4) is 0 Å². The molecule has 0 radical (unpaired) electrons. The average molecular weight is 388 g/mol. The van der Waals surface area contributed by atoms with Crippen LogP contribution < -0.4 is 10.2 Å². The number of likely N-dealkylation sites (tertiary alicyclic amines) is 1. The van der Waals surface area contributed by atoms with Gasteiger partial charge in [-0.25, -0.2) is 0 Å². The van der Waals surface area contributed by atoms with Gasteiger partial charge in [0.2, 0.25) is 0 Å². The van der Waals surface area contributed by atoms with Crippen LogP contribution in [0.15, 0.2) is 29.3 Å². The van der Waals surface area contributed by atoms with E-state index >= 15 is 0 Å². The molecule has 1 N–H and O–H groups in total. The van der Waals surface area contributed by atoms with E-state index < -0.39 is 0 Å². The molecule has 2 aliphatic heterocycles. The number of guanidine groups is 1. The molecule has 6 nitrogen and oxygen atoms in total. The van der Waals surface area contributed by atoms with E-state index in [2.05, 4.69) is 56.2 Å². The van der Waals surface area contributed by atoms with Gasteiger partial charge in [-0.1, -0.05) is 12.1 Å². The molecule has 1 unspecified atom stereocenters. The highest BCUT2D eigenvalue weighted by Crippen LogP contribution is 2.18. The van der Waals surface area contributed by atoms with Crippen LogP contribution in [-0.2, 0) is 4.74 Å². The minimum Gasteiger partial charge on any atom is -0.384 e. The highest BCUT2D eigenvalue weighted by molar-refractivity contribution is 5.80.